The van der Waals surface area contributed by atoms with Gasteiger partial charge in [-0.25, -0.2) is 0 Å². The first-order chi connectivity index (χ1) is 19.3. The highest BCUT2D eigenvalue weighted by Gasteiger charge is 2.51. The number of nitrogens with one attached hydrogen (secondary N) is 1. The molecule has 1 amide bonds. The summed E-state index contributed by atoms with van der Waals surface area (Å²) in [7, 11) is 1.00. The number of nitrogens with two attached hydrogens (primary N) is 1. The van der Waals surface area contributed by atoms with E-state index in [1.807, 2.05) is 18.9 Å². The third-order valence-electron chi connectivity index (χ3n) is 8.78. The molecule has 4 bridgehead atoms. The van der Waals surface area contributed by atoms with Gasteiger partial charge in [0.1, 0.15) is 25.2 Å². The Kier molecular flexibility index (Phi) is 11.7. The Bertz CT molecular complexity index is 1070. The predicted molar refractivity (Wildman–Crippen MR) is 153 cm³/mol. The van der Waals surface area contributed by atoms with E-state index in [2.05, 4.69) is 29.7 Å². The molecule has 4 aliphatic carbocycles. The summed E-state index contributed by atoms with van der Waals surface area (Å²) in [5.74, 6) is 2.66. The molecule has 2 unspecified atom stereocenters. The lowest BCUT2D eigenvalue weighted by molar-refractivity contribution is -0.692. The van der Waals surface area contributed by atoms with Crippen molar-refractivity contribution in [1.29, 1.82) is 0 Å². The van der Waals surface area contributed by atoms with Gasteiger partial charge in [-0.3, -0.25) is 4.79 Å². The van der Waals surface area contributed by atoms with Crippen LogP contribution in [-0.4, -0.2) is 58.4 Å². The lowest BCUT2D eigenvalue weighted by Crippen LogP contribution is -2.90. The van der Waals surface area contributed by atoms with E-state index in [-0.39, 0.29) is 29.8 Å². The summed E-state index contributed by atoms with van der Waals surface area (Å²) in [6.45, 7) is 4.36. The first-order valence-electron chi connectivity index (χ1n) is 14.4. The van der Waals surface area contributed by atoms with Crippen LogP contribution in [0.2, 0.25) is 0 Å². The van der Waals surface area contributed by atoms with Gasteiger partial charge in [-0.05, 0) is 92.0 Å². The van der Waals surface area contributed by atoms with Crippen LogP contribution in [0.4, 0.5) is 0 Å². The number of aliphatic hydroxyl groups is 3. The Morgan fingerprint density at radius 3 is 2.23 bits per heavy atom. The fourth-order valence-corrected chi connectivity index (χ4v) is 7.55. The van der Waals surface area contributed by atoms with E-state index in [4.69, 9.17) is 9.90 Å². The molecule has 40 heavy (non-hydrogen) atoms. The molecule has 0 aromatic heterocycles. The SMILES string of the molecule is C=O.CC(Cc1cccc(CC(=O)NC23CC4CC(CC(C4)C2)C3)c1)[NH2+]CC(O)c1ccc(O)c(CO)c1.CO. The predicted octanol–water partition coefficient (Wildman–Crippen LogP) is 2.16. The van der Waals surface area contributed by atoms with Crippen LogP contribution >= 0.6 is 0 Å². The maximum atomic E-state index is 13.0. The lowest BCUT2D eigenvalue weighted by atomic mass is 9.53. The number of carbonyl (C=O) groups excluding carboxylic acids is 2. The molecule has 0 heterocycles. The molecule has 2 aromatic rings. The van der Waals surface area contributed by atoms with Crippen molar-refractivity contribution in [2.45, 2.75) is 82.6 Å². The van der Waals surface area contributed by atoms with Gasteiger partial charge in [0.2, 0.25) is 5.91 Å². The van der Waals surface area contributed by atoms with Gasteiger partial charge in [0.25, 0.3) is 0 Å². The molecule has 8 nitrogen and oxygen atoms in total. The summed E-state index contributed by atoms with van der Waals surface area (Å²) in [6, 6.07) is 13.4. The van der Waals surface area contributed by atoms with E-state index in [0.717, 1.165) is 36.8 Å². The number of aromatic hydroxyl groups is 1. The molecule has 2 atom stereocenters. The Balaban J connectivity index is 0.00000106. The fraction of sp³-hybridized carbons (Fsp3) is 0.562. The molecule has 4 saturated carbocycles. The number of hydrogen-bond donors (Lipinski definition) is 6. The average Bonchev–Trinajstić information content (AvgIpc) is 2.93. The number of quaternary nitrogens is 1. The van der Waals surface area contributed by atoms with E-state index < -0.39 is 6.10 Å². The molecule has 4 fully saturated rings. The zero-order chi connectivity index (χ0) is 29.3. The van der Waals surface area contributed by atoms with Crippen molar-refractivity contribution in [2.75, 3.05) is 13.7 Å². The fourth-order valence-electron chi connectivity index (χ4n) is 7.55. The minimum absolute atomic E-state index is 0.0392. The van der Waals surface area contributed by atoms with Gasteiger partial charge in [0.15, 0.2) is 0 Å². The number of amides is 1. The largest absolute Gasteiger partial charge is 0.508 e. The van der Waals surface area contributed by atoms with E-state index in [1.165, 1.54) is 50.2 Å². The van der Waals surface area contributed by atoms with Crippen molar-refractivity contribution in [3.63, 3.8) is 0 Å². The number of benzene rings is 2. The number of phenols is 1. The maximum absolute atomic E-state index is 13.0. The van der Waals surface area contributed by atoms with E-state index >= 15 is 0 Å². The van der Waals surface area contributed by atoms with Crippen LogP contribution in [0.15, 0.2) is 42.5 Å². The highest BCUT2D eigenvalue weighted by molar-refractivity contribution is 5.79. The van der Waals surface area contributed by atoms with Crippen molar-refractivity contribution in [2.24, 2.45) is 17.8 Å². The van der Waals surface area contributed by atoms with E-state index in [9.17, 15) is 20.1 Å². The molecule has 220 valence electrons. The minimum atomic E-state index is -0.682. The number of carbonyl (C=O) groups is 2. The lowest BCUT2D eigenvalue weighted by Gasteiger charge is -2.56. The Labute approximate surface area is 237 Å². The Hall–Kier alpha value is -2.78. The average molecular weight is 556 g/mol. The van der Waals surface area contributed by atoms with Crippen molar-refractivity contribution in [3.05, 3.63) is 64.7 Å². The van der Waals surface area contributed by atoms with Gasteiger partial charge in [0, 0.05) is 24.6 Å². The van der Waals surface area contributed by atoms with Gasteiger partial charge in [-0.2, -0.15) is 0 Å². The van der Waals surface area contributed by atoms with Gasteiger partial charge in [0.05, 0.1) is 19.1 Å². The van der Waals surface area contributed by atoms with Gasteiger partial charge in [-0.15, -0.1) is 0 Å². The van der Waals surface area contributed by atoms with Crippen molar-refractivity contribution in [1.82, 2.24) is 5.32 Å². The van der Waals surface area contributed by atoms with Crippen molar-refractivity contribution < 1.29 is 35.3 Å². The van der Waals surface area contributed by atoms with Gasteiger partial charge in [-0.1, -0.05) is 30.3 Å². The van der Waals surface area contributed by atoms with Crippen molar-refractivity contribution >= 4 is 12.7 Å². The highest BCUT2D eigenvalue weighted by atomic mass is 16.3. The molecule has 2 aromatic carbocycles. The third-order valence-corrected chi connectivity index (χ3v) is 8.78. The molecule has 0 saturated heterocycles. The first-order valence-corrected chi connectivity index (χ1v) is 14.4. The summed E-state index contributed by atoms with van der Waals surface area (Å²) in [5, 5.41) is 42.2. The second-order valence-electron chi connectivity index (χ2n) is 12.0. The Morgan fingerprint density at radius 1 is 1.02 bits per heavy atom. The van der Waals surface area contributed by atoms with Crippen molar-refractivity contribution in [3.8, 4) is 5.75 Å². The topological polar surface area (TPSA) is 144 Å². The molecule has 0 radical (unpaired) electrons. The minimum Gasteiger partial charge on any atom is -0.508 e. The standard InChI is InChI=1S/C30H40N2O4.CH4O.CH2O/c1-19(31-17-28(35)25-5-6-27(34)26(13-25)18-33)7-20-3-2-4-21(8-20)12-29(36)32-30-14-22-9-23(15-30)11-24(10-22)16-30;2*1-2/h2-6,8,13,19,22-24,28,31,33-35H,7,9-12,14-18H2,1H3,(H,32,36);2H,1H3;1H2/p+1. The number of aliphatic hydroxyl groups excluding tert-OH is 3. The molecule has 6 rings (SSSR count). The maximum Gasteiger partial charge on any atom is 0.224 e. The second-order valence-corrected chi connectivity index (χ2v) is 12.0. The van der Waals surface area contributed by atoms with Crippen LogP contribution in [-0.2, 0) is 29.0 Å². The van der Waals surface area contributed by atoms with Crippen LogP contribution < -0.4 is 10.6 Å². The summed E-state index contributed by atoms with van der Waals surface area (Å²) >= 11 is 0. The molecule has 7 N–H and O–H groups in total. The molecular weight excluding hydrogens is 508 g/mol. The molecular formula is C32H47N2O6+. The number of rotatable bonds is 10. The quantitative estimate of drug-likeness (QED) is 0.265. The molecule has 8 heteroatoms. The summed E-state index contributed by atoms with van der Waals surface area (Å²) in [4.78, 5) is 21.0. The third kappa shape index (κ3) is 8.13. The highest BCUT2D eigenvalue weighted by Crippen LogP contribution is 2.55. The molecule has 0 spiro atoms. The van der Waals surface area contributed by atoms with E-state index in [0.29, 0.717) is 24.1 Å². The summed E-state index contributed by atoms with van der Waals surface area (Å²) in [6.07, 6.45) is 8.25. The zero-order valence-corrected chi connectivity index (χ0v) is 23.9. The Morgan fingerprint density at radius 2 is 1.62 bits per heavy atom. The van der Waals surface area contributed by atoms with E-state index in [1.54, 1.807) is 12.1 Å². The summed E-state index contributed by atoms with van der Waals surface area (Å²) < 4.78 is 0. The van der Waals surface area contributed by atoms with Crippen LogP contribution in [0, 0.1) is 17.8 Å². The van der Waals surface area contributed by atoms with Crippen LogP contribution in [0.5, 0.6) is 5.75 Å². The van der Waals surface area contributed by atoms with Crippen LogP contribution in [0.3, 0.4) is 0 Å². The first kappa shape index (κ1) is 31.7. The van der Waals surface area contributed by atoms with Gasteiger partial charge >= 0.3 is 0 Å². The van der Waals surface area contributed by atoms with Gasteiger partial charge < -0.3 is 35.9 Å². The second kappa shape index (κ2) is 14.7. The number of hydrogen-bond acceptors (Lipinski definition) is 6. The molecule has 0 aliphatic heterocycles. The summed E-state index contributed by atoms with van der Waals surface area (Å²) in [5.41, 5.74) is 3.42. The normalized spacial score (nSPS) is 25.6. The smallest absolute Gasteiger partial charge is 0.224 e. The molecule has 4 aliphatic rings. The monoisotopic (exact) mass is 555 g/mol. The van der Waals surface area contributed by atoms with Crippen LogP contribution in [0.25, 0.3) is 0 Å². The zero-order valence-electron chi connectivity index (χ0n) is 23.9. The van der Waals surface area contributed by atoms with Crippen LogP contribution in [0.1, 0.15) is 73.8 Å².